The lowest BCUT2D eigenvalue weighted by Gasteiger charge is -2.35. The molecule has 0 bridgehead atoms. The van der Waals surface area contributed by atoms with Crippen molar-refractivity contribution in [1.82, 2.24) is 5.32 Å². The third kappa shape index (κ3) is 3.14. The van der Waals surface area contributed by atoms with Crippen molar-refractivity contribution in [3.63, 3.8) is 0 Å². The Kier molecular flexibility index (Phi) is 4.69. The van der Waals surface area contributed by atoms with Crippen LogP contribution < -0.4 is 10.6 Å². The molecular weight excluding hydrogens is 248 g/mol. The Bertz CT molecular complexity index is 484. The molecule has 0 aliphatic heterocycles. The van der Waals surface area contributed by atoms with E-state index in [1.807, 2.05) is 18.2 Å². The van der Waals surface area contributed by atoms with Gasteiger partial charge in [-0.05, 0) is 42.9 Å². The third-order valence-corrected chi connectivity index (χ3v) is 4.77. The normalized spacial score (nSPS) is 26.1. The molecule has 1 aliphatic rings. The largest absolute Gasteiger partial charge is 0.382 e. The maximum atomic E-state index is 11.7. The molecule has 3 atom stereocenters. The molecule has 0 heterocycles. The predicted molar refractivity (Wildman–Crippen MR) is 84.2 cm³/mol. The lowest BCUT2D eigenvalue weighted by atomic mass is 9.78. The van der Waals surface area contributed by atoms with Crippen LogP contribution in [0.15, 0.2) is 18.2 Å². The van der Waals surface area contributed by atoms with Gasteiger partial charge in [0.05, 0.1) is 0 Å². The van der Waals surface area contributed by atoms with Crippen LogP contribution in [0.1, 0.15) is 49.0 Å². The number of hydrogen-bond acceptors (Lipinski definition) is 2. The fourth-order valence-corrected chi connectivity index (χ4v) is 3.05. The minimum atomic E-state index is -0.0295. The summed E-state index contributed by atoms with van der Waals surface area (Å²) in [5.74, 6) is 1.41. The molecule has 0 spiro atoms. The van der Waals surface area contributed by atoms with Gasteiger partial charge in [0.2, 0.25) is 0 Å². The molecule has 1 aromatic rings. The van der Waals surface area contributed by atoms with Crippen LogP contribution in [0.5, 0.6) is 0 Å². The number of amides is 1. The number of carbonyl (C=O) groups excluding carboxylic acids is 1. The van der Waals surface area contributed by atoms with Crippen LogP contribution in [0.2, 0.25) is 0 Å². The molecule has 1 aromatic carbocycles. The minimum absolute atomic E-state index is 0.0295. The second-order valence-corrected chi connectivity index (χ2v) is 6.13. The molecular formula is C17H26N2O. The van der Waals surface area contributed by atoms with Crippen LogP contribution in [0.4, 0.5) is 5.69 Å². The van der Waals surface area contributed by atoms with Gasteiger partial charge < -0.3 is 10.6 Å². The second-order valence-electron chi connectivity index (χ2n) is 6.13. The number of rotatable bonds is 3. The Morgan fingerprint density at radius 3 is 2.70 bits per heavy atom. The van der Waals surface area contributed by atoms with Crippen molar-refractivity contribution in [3.05, 3.63) is 29.3 Å². The number of aryl methyl sites for hydroxylation is 1. The SMILES string of the molecule is CNC(=O)c1ccc(C)c(NC2CCCC(C)C2C)c1. The molecule has 20 heavy (non-hydrogen) atoms. The van der Waals surface area contributed by atoms with Crippen LogP contribution in [-0.2, 0) is 0 Å². The van der Waals surface area contributed by atoms with Gasteiger partial charge in [0.15, 0.2) is 0 Å². The summed E-state index contributed by atoms with van der Waals surface area (Å²) in [5, 5.41) is 6.35. The van der Waals surface area contributed by atoms with Crippen LogP contribution in [0.3, 0.4) is 0 Å². The fourth-order valence-electron chi connectivity index (χ4n) is 3.05. The smallest absolute Gasteiger partial charge is 0.251 e. The van der Waals surface area contributed by atoms with Crippen molar-refractivity contribution in [2.24, 2.45) is 11.8 Å². The molecule has 1 amide bonds. The van der Waals surface area contributed by atoms with Crippen molar-refractivity contribution in [2.45, 2.75) is 46.1 Å². The highest BCUT2D eigenvalue weighted by molar-refractivity contribution is 5.95. The van der Waals surface area contributed by atoms with E-state index in [9.17, 15) is 4.79 Å². The molecule has 3 unspecified atom stereocenters. The number of anilines is 1. The third-order valence-electron chi connectivity index (χ3n) is 4.77. The van der Waals surface area contributed by atoms with E-state index in [-0.39, 0.29) is 5.91 Å². The minimum Gasteiger partial charge on any atom is -0.382 e. The van der Waals surface area contributed by atoms with E-state index in [4.69, 9.17) is 0 Å². The Morgan fingerprint density at radius 1 is 1.25 bits per heavy atom. The lowest BCUT2D eigenvalue weighted by Crippen LogP contribution is -2.35. The highest BCUT2D eigenvalue weighted by Gasteiger charge is 2.27. The monoisotopic (exact) mass is 274 g/mol. The summed E-state index contributed by atoms with van der Waals surface area (Å²) >= 11 is 0. The molecule has 1 aliphatic carbocycles. The van der Waals surface area contributed by atoms with Gasteiger partial charge >= 0.3 is 0 Å². The van der Waals surface area contributed by atoms with E-state index in [0.717, 1.165) is 17.2 Å². The van der Waals surface area contributed by atoms with Gasteiger partial charge in [-0.15, -0.1) is 0 Å². The molecule has 0 radical (unpaired) electrons. The highest BCUT2D eigenvalue weighted by atomic mass is 16.1. The van der Waals surface area contributed by atoms with Crippen LogP contribution in [-0.4, -0.2) is 19.0 Å². The number of benzene rings is 1. The Balaban J connectivity index is 2.17. The number of hydrogen-bond donors (Lipinski definition) is 2. The molecule has 0 saturated heterocycles. The quantitative estimate of drug-likeness (QED) is 0.884. The number of carbonyl (C=O) groups is 1. The van der Waals surface area contributed by atoms with Gasteiger partial charge in [0.25, 0.3) is 5.91 Å². The molecule has 1 saturated carbocycles. The first-order valence-corrected chi connectivity index (χ1v) is 7.62. The van der Waals surface area contributed by atoms with Gasteiger partial charge in [0.1, 0.15) is 0 Å². The summed E-state index contributed by atoms with van der Waals surface area (Å²) in [6, 6.07) is 6.38. The Morgan fingerprint density at radius 2 is 2.00 bits per heavy atom. The number of nitrogens with one attached hydrogen (secondary N) is 2. The summed E-state index contributed by atoms with van der Waals surface area (Å²) in [5.41, 5.74) is 3.01. The zero-order valence-electron chi connectivity index (χ0n) is 13.0. The maximum Gasteiger partial charge on any atom is 0.251 e. The van der Waals surface area contributed by atoms with E-state index >= 15 is 0 Å². The van der Waals surface area contributed by atoms with Crippen LogP contribution in [0.25, 0.3) is 0 Å². The van der Waals surface area contributed by atoms with Gasteiger partial charge in [-0.1, -0.05) is 32.8 Å². The molecule has 0 aromatic heterocycles. The van der Waals surface area contributed by atoms with E-state index in [0.29, 0.717) is 12.0 Å². The summed E-state index contributed by atoms with van der Waals surface area (Å²) in [4.78, 5) is 11.7. The topological polar surface area (TPSA) is 41.1 Å². The molecule has 2 rings (SSSR count). The van der Waals surface area contributed by atoms with Crippen molar-refractivity contribution in [3.8, 4) is 0 Å². The highest BCUT2D eigenvalue weighted by Crippen LogP contribution is 2.32. The van der Waals surface area contributed by atoms with Crippen molar-refractivity contribution in [2.75, 3.05) is 12.4 Å². The molecule has 3 heteroatoms. The van der Waals surface area contributed by atoms with Crippen molar-refractivity contribution in [1.29, 1.82) is 0 Å². The van der Waals surface area contributed by atoms with E-state index in [1.165, 1.54) is 24.8 Å². The van der Waals surface area contributed by atoms with Gasteiger partial charge in [-0.2, -0.15) is 0 Å². The van der Waals surface area contributed by atoms with Crippen molar-refractivity contribution < 1.29 is 4.79 Å². The van der Waals surface area contributed by atoms with Crippen LogP contribution >= 0.6 is 0 Å². The average Bonchev–Trinajstić information content (AvgIpc) is 2.45. The maximum absolute atomic E-state index is 11.7. The van der Waals surface area contributed by atoms with E-state index in [1.54, 1.807) is 7.05 Å². The fraction of sp³-hybridized carbons (Fsp3) is 0.588. The average molecular weight is 274 g/mol. The lowest BCUT2D eigenvalue weighted by molar-refractivity contribution is 0.0963. The van der Waals surface area contributed by atoms with E-state index in [2.05, 4.69) is 31.4 Å². The predicted octanol–water partition coefficient (Wildman–Crippen LogP) is 3.59. The summed E-state index contributed by atoms with van der Waals surface area (Å²) < 4.78 is 0. The molecule has 3 nitrogen and oxygen atoms in total. The Labute approximate surface area is 122 Å². The van der Waals surface area contributed by atoms with Crippen LogP contribution in [0, 0.1) is 18.8 Å². The second kappa shape index (κ2) is 6.29. The van der Waals surface area contributed by atoms with Crippen molar-refractivity contribution >= 4 is 11.6 Å². The summed E-state index contributed by atoms with van der Waals surface area (Å²) in [6.07, 6.45) is 3.84. The molecule has 2 N–H and O–H groups in total. The zero-order chi connectivity index (χ0) is 14.7. The molecule has 1 fully saturated rings. The summed E-state index contributed by atoms with van der Waals surface area (Å²) in [7, 11) is 1.67. The van der Waals surface area contributed by atoms with E-state index < -0.39 is 0 Å². The van der Waals surface area contributed by atoms with Gasteiger partial charge in [-0.3, -0.25) is 4.79 Å². The first-order valence-electron chi connectivity index (χ1n) is 7.62. The van der Waals surface area contributed by atoms with Gasteiger partial charge in [-0.25, -0.2) is 0 Å². The first kappa shape index (κ1) is 14.9. The van der Waals surface area contributed by atoms with Gasteiger partial charge in [0, 0.05) is 24.3 Å². The summed E-state index contributed by atoms with van der Waals surface area (Å²) in [6.45, 7) is 6.76. The Hall–Kier alpha value is -1.51. The first-order chi connectivity index (χ1) is 9.52. The standard InChI is InChI=1S/C17H26N2O/c1-11-6-5-7-15(13(11)3)19-16-10-14(17(20)18-4)9-8-12(16)2/h8-11,13,15,19H,5-7H2,1-4H3,(H,18,20). The zero-order valence-corrected chi connectivity index (χ0v) is 13.0. The molecule has 110 valence electrons.